The van der Waals surface area contributed by atoms with E-state index in [0.29, 0.717) is 0 Å². The first-order chi connectivity index (χ1) is 28.7. The zero-order chi connectivity index (χ0) is 41.5. The SMILES string of the molecule is Cc1cc(C(C)(C)C)ccc1N1c2cc3c(cc2B2c4c1cc(-c1ccccc1)cc4N(c1ccccc1C)c1ccc4c(sc5ccccc54)c12)C(C)(C)CCC3(C)C. The van der Waals surface area contributed by atoms with Crippen molar-refractivity contribution in [1.29, 1.82) is 0 Å². The molecule has 0 saturated carbocycles. The van der Waals surface area contributed by atoms with E-state index < -0.39 is 0 Å². The molecule has 2 aliphatic heterocycles. The fraction of sp³-hybridized carbons (Fsp3) is 0.250. The highest BCUT2D eigenvalue weighted by Crippen LogP contribution is 2.52. The zero-order valence-corrected chi connectivity index (χ0v) is 37.3. The molecule has 0 atom stereocenters. The minimum atomic E-state index is 0.0263. The van der Waals surface area contributed by atoms with Crippen LogP contribution >= 0.6 is 11.3 Å². The first-order valence-electron chi connectivity index (χ1n) is 21.8. The molecule has 0 bridgehead atoms. The summed E-state index contributed by atoms with van der Waals surface area (Å²) in [5, 5.41) is 2.69. The largest absolute Gasteiger partial charge is 0.311 e. The van der Waals surface area contributed by atoms with Crippen LogP contribution in [0, 0.1) is 13.8 Å². The van der Waals surface area contributed by atoms with Gasteiger partial charge in [0.2, 0.25) is 0 Å². The summed E-state index contributed by atoms with van der Waals surface area (Å²) in [6, 6.07) is 51.4. The molecule has 8 aromatic rings. The van der Waals surface area contributed by atoms with Gasteiger partial charge >= 0.3 is 0 Å². The van der Waals surface area contributed by atoms with Crippen molar-refractivity contribution in [2.75, 3.05) is 9.80 Å². The number of anilines is 6. The van der Waals surface area contributed by atoms with Gasteiger partial charge in [0, 0.05) is 48.9 Å². The van der Waals surface area contributed by atoms with Gasteiger partial charge in [-0.05, 0) is 146 Å². The Kier molecular flexibility index (Phi) is 8.09. The van der Waals surface area contributed by atoms with Crippen LogP contribution in [0.1, 0.15) is 89.1 Å². The predicted octanol–water partition coefficient (Wildman–Crippen LogP) is 14.1. The molecule has 3 aliphatic rings. The summed E-state index contributed by atoms with van der Waals surface area (Å²) >= 11 is 1.97. The fourth-order valence-electron chi connectivity index (χ4n) is 10.8. The molecule has 0 fully saturated rings. The topological polar surface area (TPSA) is 6.48 Å². The Morgan fingerprint density at radius 1 is 0.517 bits per heavy atom. The summed E-state index contributed by atoms with van der Waals surface area (Å²) in [5.74, 6) is 0. The number of aryl methyl sites for hydroxylation is 2. The molecule has 4 heteroatoms. The Labute approximate surface area is 360 Å². The van der Waals surface area contributed by atoms with Crippen molar-refractivity contribution in [2.24, 2.45) is 0 Å². The standard InChI is InChI=1S/C56H53BN2S/c1-34-17-13-15-21-44(34)58-46-26-24-40-39-20-14-16-22-50(39)60-53(40)52(46)57-43-32-41-42(56(8,9)28-27-55(41,6)7)33-47(43)59(45-25-23-38(29-35(45)2)54(3,4)5)49-31-37(30-48(58)51(49)57)36-18-11-10-12-19-36/h10-26,29-33H,27-28H2,1-9H3. The Bertz CT molecular complexity index is 3070. The highest BCUT2D eigenvalue weighted by atomic mass is 32.1. The van der Waals surface area contributed by atoms with Gasteiger partial charge in [-0.3, -0.25) is 0 Å². The number of benzene rings is 7. The lowest BCUT2D eigenvalue weighted by Crippen LogP contribution is -2.62. The lowest BCUT2D eigenvalue weighted by molar-refractivity contribution is 0.332. The monoisotopic (exact) mass is 796 g/mol. The zero-order valence-electron chi connectivity index (χ0n) is 36.5. The summed E-state index contributed by atoms with van der Waals surface area (Å²) in [7, 11) is 0. The Balaban J connectivity index is 1.34. The molecule has 0 N–H and O–H groups in total. The van der Waals surface area contributed by atoms with Gasteiger partial charge in [0.05, 0.1) is 0 Å². The van der Waals surface area contributed by atoms with E-state index in [4.69, 9.17) is 0 Å². The van der Waals surface area contributed by atoms with Gasteiger partial charge in [0.25, 0.3) is 6.71 Å². The molecule has 0 amide bonds. The molecule has 1 aromatic heterocycles. The average Bonchev–Trinajstić information content (AvgIpc) is 3.61. The van der Waals surface area contributed by atoms with E-state index in [0.717, 1.165) is 0 Å². The first kappa shape index (κ1) is 37.4. The molecule has 1 aliphatic carbocycles. The quantitative estimate of drug-likeness (QED) is 0.164. The molecule has 296 valence electrons. The van der Waals surface area contributed by atoms with Crippen LogP contribution in [-0.2, 0) is 16.2 Å². The van der Waals surface area contributed by atoms with E-state index in [9.17, 15) is 0 Å². The van der Waals surface area contributed by atoms with Crippen LogP contribution in [0.3, 0.4) is 0 Å². The number of thiophene rings is 1. The molecule has 0 radical (unpaired) electrons. The predicted molar refractivity (Wildman–Crippen MR) is 262 cm³/mol. The molecule has 0 unspecified atom stereocenters. The van der Waals surface area contributed by atoms with Gasteiger partial charge in [0.1, 0.15) is 0 Å². The minimum absolute atomic E-state index is 0.0263. The summed E-state index contributed by atoms with van der Waals surface area (Å²) < 4.78 is 2.73. The van der Waals surface area contributed by atoms with Crippen LogP contribution in [0.4, 0.5) is 34.1 Å². The van der Waals surface area contributed by atoms with Crippen molar-refractivity contribution in [2.45, 2.75) is 91.4 Å². The number of para-hydroxylation sites is 1. The Morgan fingerprint density at radius 2 is 1.13 bits per heavy atom. The van der Waals surface area contributed by atoms with Crippen molar-refractivity contribution in [3.8, 4) is 11.1 Å². The van der Waals surface area contributed by atoms with Crippen molar-refractivity contribution in [3.05, 3.63) is 161 Å². The average molecular weight is 797 g/mol. The van der Waals surface area contributed by atoms with Crippen LogP contribution in [0.15, 0.2) is 133 Å². The number of fused-ring (bicyclic) bond motifs is 9. The minimum Gasteiger partial charge on any atom is -0.311 e. The smallest absolute Gasteiger partial charge is 0.254 e. The van der Waals surface area contributed by atoms with Crippen LogP contribution < -0.4 is 26.2 Å². The van der Waals surface area contributed by atoms with Gasteiger partial charge in [-0.2, -0.15) is 0 Å². The highest BCUT2D eigenvalue weighted by molar-refractivity contribution is 7.28. The van der Waals surface area contributed by atoms with Gasteiger partial charge < -0.3 is 9.80 Å². The number of hydrogen-bond acceptors (Lipinski definition) is 3. The third kappa shape index (κ3) is 5.45. The second-order valence-electron chi connectivity index (χ2n) is 20.1. The van der Waals surface area contributed by atoms with Gasteiger partial charge in [0.15, 0.2) is 0 Å². The summed E-state index contributed by atoms with van der Waals surface area (Å²) in [5.41, 5.74) is 21.3. The molecule has 0 spiro atoms. The van der Waals surface area contributed by atoms with Crippen molar-refractivity contribution in [1.82, 2.24) is 0 Å². The van der Waals surface area contributed by atoms with Crippen molar-refractivity contribution < 1.29 is 0 Å². The van der Waals surface area contributed by atoms with Crippen LogP contribution in [0.5, 0.6) is 0 Å². The highest BCUT2D eigenvalue weighted by Gasteiger charge is 2.47. The summed E-state index contributed by atoms with van der Waals surface area (Å²) in [4.78, 5) is 5.28. The Morgan fingerprint density at radius 3 is 1.83 bits per heavy atom. The summed E-state index contributed by atoms with van der Waals surface area (Å²) in [6.45, 7) is 21.5. The second kappa shape index (κ2) is 13.0. The molecule has 2 nitrogen and oxygen atoms in total. The number of hydrogen-bond donors (Lipinski definition) is 0. The molecule has 60 heavy (non-hydrogen) atoms. The molecule has 7 aromatic carbocycles. The van der Waals surface area contributed by atoms with Gasteiger partial charge in [-0.1, -0.05) is 139 Å². The van der Waals surface area contributed by atoms with E-state index in [-0.39, 0.29) is 23.0 Å². The van der Waals surface area contributed by atoms with Crippen LogP contribution in [0.25, 0.3) is 31.3 Å². The van der Waals surface area contributed by atoms with Crippen LogP contribution in [-0.4, -0.2) is 6.71 Å². The Hall–Kier alpha value is -5.58. The molecule has 3 heterocycles. The third-order valence-electron chi connectivity index (χ3n) is 14.3. The second-order valence-corrected chi connectivity index (χ2v) is 21.2. The third-order valence-corrected chi connectivity index (χ3v) is 15.5. The number of nitrogens with zero attached hydrogens (tertiary/aromatic N) is 2. The van der Waals surface area contributed by atoms with E-state index in [1.54, 1.807) is 0 Å². The van der Waals surface area contributed by atoms with E-state index in [1.807, 2.05) is 11.3 Å². The fourth-order valence-corrected chi connectivity index (χ4v) is 12.1. The van der Waals surface area contributed by atoms with Crippen molar-refractivity contribution in [3.63, 3.8) is 0 Å². The van der Waals surface area contributed by atoms with Gasteiger partial charge in [-0.15, -0.1) is 11.3 Å². The van der Waals surface area contributed by atoms with Crippen molar-refractivity contribution >= 4 is 88.7 Å². The molecule has 0 saturated heterocycles. The summed E-state index contributed by atoms with van der Waals surface area (Å²) in [6.07, 6.45) is 2.35. The van der Waals surface area contributed by atoms with E-state index >= 15 is 0 Å². The lowest BCUT2D eigenvalue weighted by atomic mass is 9.33. The maximum absolute atomic E-state index is 2.68. The maximum atomic E-state index is 2.68. The normalized spacial score (nSPS) is 16.1. The lowest BCUT2D eigenvalue weighted by Gasteiger charge is -2.48. The van der Waals surface area contributed by atoms with Crippen LogP contribution in [0.2, 0.25) is 0 Å². The first-order valence-corrected chi connectivity index (χ1v) is 22.7. The van der Waals surface area contributed by atoms with E-state index in [2.05, 4.69) is 206 Å². The molecular formula is C56H53BN2S. The maximum Gasteiger partial charge on any atom is 0.254 e. The van der Waals surface area contributed by atoms with Gasteiger partial charge in [-0.25, -0.2) is 0 Å². The van der Waals surface area contributed by atoms with E-state index in [1.165, 1.54) is 122 Å². The molecule has 11 rings (SSSR count). The molecular weight excluding hydrogens is 744 g/mol. The number of rotatable bonds is 3.